The van der Waals surface area contributed by atoms with Crippen LogP contribution in [0, 0.1) is 5.82 Å². The summed E-state index contributed by atoms with van der Waals surface area (Å²) in [6.07, 6.45) is 1.90. The first-order valence-electron chi connectivity index (χ1n) is 4.30. The molecule has 1 saturated carbocycles. The summed E-state index contributed by atoms with van der Waals surface area (Å²) >= 11 is 11.4. The molecular formula is C9H9Cl2FN2. The van der Waals surface area contributed by atoms with E-state index in [4.69, 9.17) is 23.2 Å². The van der Waals surface area contributed by atoms with Crippen LogP contribution >= 0.6 is 23.2 Å². The predicted octanol–water partition coefficient (Wildman–Crippen LogP) is 2.74. The van der Waals surface area contributed by atoms with Gasteiger partial charge in [0.1, 0.15) is 5.15 Å². The molecule has 0 saturated heterocycles. The van der Waals surface area contributed by atoms with Crippen molar-refractivity contribution in [2.24, 2.45) is 0 Å². The Morgan fingerprint density at radius 2 is 2.07 bits per heavy atom. The van der Waals surface area contributed by atoms with E-state index < -0.39 is 5.82 Å². The fourth-order valence-electron chi connectivity index (χ4n) is 1.56. The van der Waals surface area contributed by atoms with Crippen molar-refractivity contribution in [3.05, 3.63) is 27.8 Å². The van der Waals surface area contributed by atoms with Crippen molar-refractivity contribution in [2.45, 2.75) is 18.4 Å². The van der Waals surface area contributed by atoms with E-state index in [1.54, 1.807) is 0 Å². The molecule has 5 heteroatoms. The van der Waals surface area contributed by atoms with E-state index in [2.05, 4.69) is 10.3 Å². The molecule has 0 radical (unpaired) electrons. The molecule has 1 N–H and O–H groups in total. The second-order valence-electron chi connectivity index (χ2n) is 3.43. The molecule has 1 heterocycles. The Bertz CT molecular complexity index is 377. The summed E-state index contributed by atoms with van der Waals surface area (Å²) in [6, 6.07) is 1.36. The van der Waals surface area contributed by atoms with Crippen molar-refractivity contribution in [1.29, 1.82) is 0 Å². The van der Waals surface area contributed by atoms with Crippen molar-refractivity contribution in [2.75, 3.05) is 7.05 Å². The van der Waals surface area contributed by atoms with Crippen LogP contribution in [0.2, 0.25) is 10.3 Å². The Balaban J connectivity index is 2.49. The lowest BCUT2D eigenvalue weighted by Gasteiger charge is -2.15. The van der Waals surface area contributed by atoms with Gasteiger partial charge in [-0.15, -0.1) is 0 Å². The Hall–Kier alpha value is -0.380. The van der Waals surface area contributed by atoms with Crippen LogP contribution in [-0.4, -0.2) is 12.0 Å². The standard InChI is InChI=1S/C9H9Cl2FN2/c1-13-9(2-3-9)5-4-6(12)8(11)14-7(5)10/h4,13H,2-3H2,1H3. The van der Waals surface area contributed by atoms with E-state index in [9.17, 15) is 4.39 Å². The summed E-state index contributed by atoms with van der Waals surface area (Å²) < 4.78 is 13.2. The minimum Gasteiger partial charge on any atom is -0.310 e. The highest BCUT2D eigenvalue weighted by atomic mass is 35.5. The fourth-order valence-corrected chi connectivity index (χ4v) is 2.06. The molecular weight excluding hydrogens is 226 g/mol. The van der Waals surface area contributed by atoms with Crippen molar-refractivity contribution in [1.82, 2.24) is 10.3 Å². The van der Waals surface area contributed by atoms with Crippen molar-refractivity contribution in [3.63, 3.8) is 0 Å². The Morgan fingerprint density at radius 3 is 2.57 bits per heavy atom. The summed E-state index contributed by atoms with van der Waals surface area (Å²) in [5.41, 5.74) is 0.513. The summed E-state index contributed by atoms with van der Waals surface area (Å²) in [7, 11) is 1.83. The minimum atomic E-state index is -0.521. The van der Waals surface area contributed by atoms with Gasteiger partial charge in [-0.2, -0.15) is 0 Å². The predicted molar refractivity (Wildman–Crippen MR) is 54.2 cm³/mol. The molecule has 14 heavy (non-hydrogen) atoms. The smallest absolute Gasteiger partial charge is 0.166 e. The van der Waals surface area contributed by atoms with Gasteiger partial charge in [-0.1, -0.05) is 23.2 Å². The van der Waals surface area contributed by atoms with Gasteiger partial charge < -0.3 is 5.32 Å². The number of rotatable bonds is 2. The molecule has 1 aliphatic carbocycles. The Labute approximate surface area is 91.4 Å². The van der Waals surface area contributed by atoms with Crippen LogP contribution in [0.1, 0.15) is 18.4 Å². The number of nitrogens with one attached hydrogen (secondary N) is 1. The first-order chi connectivity index (χ1) is 6.59. The highest BCUT2D eigenvalue weighted by molar-refractivity contribution is 6.33. The van der Waals surface area contributed by atoms with Gasteiger partial charge in [0.05, 0.1) is 0 Å². The van der Waals surface area contributed by atoms with E-state index in [0.29, 0.717) is 5.56 Å². The van der Waals surface area contributed by atoms with Crippen molar-refractivity contribution in [3.8, 4) is 0 Å². The number of hydrogen-bond donors (Lipinski definition) is 1. The van der Waals surface area contributed by atoms with E-state index in [-0.39, 0.29) is 15.8 Å². The summed E-state index contributed by atoms with van der Waals surface area (Å²) in [4.78, 5) is 3.74. The summed E-state index contributed by atoms with van der Waals surface area (Å²) in [5, 5.41) is 3.23. The molecule has 0 bridgehead atoms. The van der Waals surface area contributed by atoms with Crippen molar-refractivity contribution < 1.29 is 4.39 Å². The number of nitrogens with zero attached hydrogens (tertiary/aromatic N) is 1. The number of hydrogen-bond acceptors (Lipinski definition) is 2. The summed E-state index contributed by atoms with van der Waals surface area (Å²) in [6.45, 7) is 0. The van der Waals surface area contributed by atoms with Gasteiger partial charge in [-0.25, -0.2) is 9.37 Å². The lowest BCUT2D eigenvalue weighted by Crippen LogP contribution is -2.25. The zero-order valence-electron chi connectivity index (χ0n) is 7.57. The quantitative estimate of drug-likeness (QED) is 0.797. The van der Waals surface area contributed by atoms with E-state index in [1.807, 2.05) is 7.05 Å². The zero-order valence-corrected chi connectivity index (χ0v) is 9.08. The maximum absolute atomic E-state index is 13.2. The lowest BCUT2D eigenvalue weighted by atomic mass is 10.1. The second kappa shape index (κ2) is 3.33. The molecule has 0 spiro atoms. The molecule has 0 amide bonds. The summed E-state index contributed by atoms with van der Waals surface area (Å²) in [5.74, 6) is -0.521. The molecule has 0 unspecified atom stereocenters. The Morgan fingerprint density at radius 1 is 1.43 bits per heavy atom. The fraction of sp³-hybridized carbons (Fsp3) is 0.444. The molecule has 1 aromatic rings. The third-order valence-electron chi connectivity index (χ3n) is 2.63. The average molecular weight is 235 g/mol. The monoisotopic (exact) mass is 234 g/mol. The molecule has 76 valence electrons. The van der Waals surface area contributed by atoms with Gasteiger partial charge in [-0.3, -0.25) is 0 Å². The van der Waals surface area contributed by atoms with Crippen LogP contribution in [-0.2, 0) is 5.54 Å². The largest absolute Gasteiger partial charge is 0.310 e. The van der Waals surface area contributed by atoms with Crippen LogP contribution < -0.4 is 5.32 Å². The second-order valence-corrected chi connectivity index (χ2v) is 4.15. The van der Waals surface area contributed by atoms with Crippen LogP contribution in [0.25, 0.3) is 0 Å². The third-order valence-corrected chi connectivity index (χ3v) is 3.18. The van der Waals surface area contributed by atoms with E-state index >= 15 is 0 Å². The van der Waals surface area contributed by atoms with Gasteiger partial charge in [0, 0.05) is 11.1 Å². The normalized spacial score (nSPS) is 18.3. The number of aromatic nitrogens is 1. The van der Waals surface area contributed by atoms with Gasteiger partial charge in [0.2, 0.25) is 0 Å². The van der Waals surface area contributed by atoms with Crippen LogP contribution in [0.5, 0.6) is 0 Å². The molecule has 0 aromatic carbocycles. The first-order valence-corrected chi connectivity index (χ1v) is 5.05. The topological polar surface area (TPSA) is 24.9 Å². The minimum absolute atomic E-state index is 0.175. The maximum Gasteiger partial charge on any atom is 0.166 e. The molecule has 1 aromatic heterocycles. The Kier molecular flexibility index (Phi) is 2.41. The average Bonchev–Trinajstić information content (AvgIpc) is 2.92. The van der Waals surface area contributed by atoms with Gasteiger partial charge in [-0.05, 0) is 26.0 Å². The molecule has 0 atom stereocenters. The highest BCUT2D eigenvalue weighted by Gasteiger charge is 2.45. The lowest BCUT2D eigenvalue weighted by molar-refractivity contribution is 0.566. The van der Waals surface area contributed by atoms with Crippen LogP contribution in [0.3, 0.4) is 0 Å². The van der Waals surface area contributed by atoms with Crippen molar-refractivity contribution >= 4 is 23.2 Å². The van der Waals surface area contributed by atoms with Gasteiger partial charge in [0.15, 0.2) is 11.0 Å². The van der Waals surface area contributed by atoms with Gasteiger partial charge in [0.25, 0.3) is 0 Å². The molecule has 0 aliphatic heterocycles. The van der Waals surface area contributed by atoms with E-state index in [1.165, 1.54) is 6.07 Å². The van der Waals surface area contributed by atoms with Crippen LogP contribution in [0.15, 0.2) is 6.07 Å². The third kappa shape index (κ3) is 1.49. The number of pyridine rings is 1. The zero-order chi connectivity index (χ0) is 10.3. The van der Waals surface area contributed by atoms with Crippen LogP contribution in [0.4, 0.5) is 4.39 Å². The number of halogens is 3. The van der Waals surface area contributed by atoms with Gasteiger partial charge >= 0.3 is 0 Å². The molecule has 1 aliphatic rings. The highest BCUT2D eigenvalue weighted by Crippen LogP contribution is 2.47. The molecule has 2 nitrogen and oxygen atoms in total. The first kappa shape index (κ1) is 10.1. The maximum atomic E-state index is 13.2. The van der Waals surface area contributed by atoms with E-state index in [0.717, 1.165) is 12.8 Å². The SMILES string of the molecule is CNC1(c2cc(F)c(Cl)nc2Cl)CC1. The molecule has 2 rings (SSSR count). The molecule has 1 fully saturated rings.